The van der Waals surface area contributed by atoms with Gasteiger partial charge in [0.2, 0.25) is 0 Å². The van der Waals surface area contributed by atoms with Gasteiger partial charge in [-0.25, -0.2) is 4.98 Å². The highest BCUT2D eigenvalue weighted by atomic mass is 35.5. The number of ether oxygens (including phenoxy) is 1. The van der Waals surface area contributed by atoms with Gasteiger partial charge in [0.05, 0.1) is 11.6 Å². The molecule has 0 radical (unpaired) electrons. The first-order valence-electron chi connectivity index (χ1n) is 9.99. The number of nitrogens with one attached hydrogen (secondary N) is 3. The number of H-pyrrole nitrogens is 2. The molecule has 33 heavy (non-hydrogen) atoms. The zero-order valence-electron chi connectivity index (χ0n) is 17.6. The smallest absolute Gasteiger partial charge is 0.264 e. The summed E-state index contributed by atoms with van der Waals surface area (Å²) >= 11 is 13.1. The van der Waals surface area contributed by atoms with Gasteiger partial charge >= 0.3 is 0 Å². The Hall–Kier alpha value is -3.56. The molecule has 1 unspecified atom stereocenters. The maximum absolute atomic E-state index is 13.1. The normalized spacial score (nSPS) is 13.9. The summed E-state index contributed by atoms with van der Waals surface area (Å²) in [5.41, 5.74) is 1.76. The van der Waals surface area contributed by atoms with Crippen molar-refractivity contribution in [1.29, 1.82) is 0 Å². The Bertz CT molecular complexity index is 1440. The Morgan fingerprint density at radius 2 is 1.88 bits per heavy atom. The summed E-state index contributed by atoms with van der Waals surface area (Å²) in [6.07, 6.45) is 0. The molecule has 1 atom stereocenters. The molecule has 3 heterocycles. The predicted octanol–water partition coefficient (Wildman–Crippen LogP) is 3.53. The number of amides is 1. The lowest BCUT2D eigenvalue weighted by Crippen LogP contribution is -2.25. The number of anilines is 2. The minimum atomic E-state index is -0.640. The van der Waals surface area contributed by atoms with Gasteiger partial charge in [-0.3, -0.25) is 14.7 Å². The van der Waals surface area contributed by atoms with E-state index in [2.05, 4.69) is 25.5 Å². The van der Waals surface area contributed by atoms with Crippen LogP contribution in [0.4, 0.5) is 11.5 Å². The van der Waals surface area contributed by atoms with E-state index in [0.717, 1.165) is 0 Å². The topological polar surface area (TPSA) is 116 Å². The standard InChI is InChI=1S/C22H18Cl2N6O3/c1-30(2)21-18-20(28-29-21)26-19(27-22(18)32)16(17-11(23)4-3-5-12(17)24)10-6-7-14-13(8-10)25-15(31)9-33-14/h3-8,16H,9H2,1-2H3,(H,25,31)(H2,26,27,28,29,32). The molecule has 2 aromatic carbocycles. The third-order valence-electron chi connectivity index (χ3n) is 5.38. The first kappa shape index (κ1) is 21.3. The van der Waals surface area contributed by atoms with Crippen molar-refractivity contribution in [2.24, 2.45) is 0 Å². The van der Waals surface area contributed by atoms with E-state index in [1.807, 2.05) is 6.07 Å². The molecule has 0 spiro atoms. The number of halogens is 2. The molecule has 4 aromatic rings. The van der Waals surface area contributed by atoms with Crippen LogP contribution in [0.2, 0.25) is 10.0 Å². The van der Waals surface area contributed by atoms with Gasteiger partial charge in [-0.05, 0) is 29.8 Å². The molecule has 0 saturated carbocycles. The first-order chi connectivity index (χ1) is 15.8. The Morgan fingerprint density at radius 3 is 2.61 bits per heavy atom. The number of aromatic nitrogens is 4. The average Bonchev–Trinajstić information content (AvgIpc) is 3.21. The van der Waals surface area contributed by atoms with Crippen LogP contribution in [0.3, 0.4) is 0 Å². The van der Waals surface area contributed by atoms with E-state index >= 15 is 0 Å². The van der Waals surface area contributed by atoms with Gasteiger partial charge in [0.1, 0.15) is 17.0 Å². The van der Waals surface area contributed by atoms with E-state index in [1.165, 1.54) is 0 Å². The Kier molecular flexibility index (Phi) is 5.22. The lowest BCUT2D eigenvalue weighted by atomic mass is 9.89. The van der Waals surface area contributed by atoms with Gasteiger partial charge in [0.15, 0.2) is 18.1 Å². The van der Waals surface area contributed by atoms with E-state index in [-0.39, 0.29) is 18.1 Å². The summed E-state index contributed by atoms with van der Waals surface area (Å²) in [7, 11) is 3.58. The second-order valence-corrected chi connectivity index (χ2v) is 8.59. The number of benzene rings is 2. The Morgan fingerprint density at radius 1 is 1.12 bits per heavy atom. The van der Waals surface area contributed by atoms with Crippen LogP contribution >= 0.6 is 23.2 Å². The summed E-state index contributed by atoms with van der Waals surface area (Å²) in [5, 5.41) is 11.0. The third kappa shape index (κ3) is 3.69. The van der Waals surface area contributed by atoms with Crippen LogP contribution in [0.25, 0.3) is 11.0 Å². The van der Waals surface area contributed by atoms with Gasteiger partial charge in [-0.15, -0.1) is 0 Å². The summed E-state index contributed by atoms with van der Waals surface area (Å²) in [4.78, 5) is 34.2. The Balaban J connectivity index is 1.75. The SMILES string of the molecule is CN(C)c1n[nH]c2nc(C(c3ccc4c(c3)NC(=O)CO4)c3c(Cl)cccc3Cl)[nH]c(=O)c12. The second-order valence-electron chi connectivity index (χ2n) is 7.78. The van der Waals surface area contributed by atoms with Crippen LogP contribution in [-0.2, 0) is 4.79 Å². The van der Waals surface area contributed by atoms with Crippen LogP contribution in [-0.4, -0.2) is 46.8 Å². The molecule has 0 fully saturated rings. The minimum Gasteiger partial charge on any atom is -0.482 e. The van der Waals surface area contributed by atoms with Crippen molar-refractivity contribution in [3.63, 3.8) is 0 Å². The zero-order valence-corrected chi connectivity index (χ0v) is 19.1. The van der Waals surface area contributed by atoms with E-state index in [1.54, 1.807) is 49.3 Å². The number of hydrogen-bond acceptors (Lipinski definition) is 6. The molecule has 1 aliphatic rings. The number of nitrogens with zero attached hydrogens (tertiary/aromatic N) is 3. The van der Waals surface area contributed by atoms with E-state index in [9.17, 15) is 9.59 Å². The number of carbonyl (C=O) groups excluding carboxylic acids is 1. The summed E-state index contributed by atoms with van der Waals surface area (Å²) in [6.45, 7) is -0.0499. The van der Waals surface area contributed by atoms with Crippen LogP contribution in [0.15, 0.2) is 41.2 Å². The highest BCUT2D eigenvalue weighted by molar-refractivity contribution is 6.36. The van der Waals surface area contributed by atoms with Gasteiger partial charge in [0, 0.05) is 29.7 Å². The molecule has 3 N–H and O–H groups in total. The fourth-order valence-corrected chi connectivity index (χ4v) is 4.54. The predicted molar refractivity (Wildman–Crippen MR) is 127 cm³/mol. The van der Waals surface area contributed by atoms with Crippen LogP contribution < -0.4 is 20.5 Å². The quantitative estimate of drug-likeness (QED) is 0.408. The molecular formula is C22H18Cl2N6O3. The average molecular weight is 485 g/mol. The molecule has 0 saturated heterocycles. The maximum atomic E-state index is 13.1. The van der Waals surface area contributed by atoms with Gasteiger partial charge < -0.3 is 19.9 Å². The number of carbonyl (C=O) groups is 1. The van der Waals surface area contributed by atoms with Crippen molar-refractivity contribution in [2.45, 2.75) is 5.92 Å². The molecule has 1 aliphatic heterocycles. The number of fused-ring (bicyclic) bond motifs is 2. The summed E-state index contributed by atoms with van der Waals surface area (Å²) < 4.78 is 5.48. The van der Waals surface area contributed by atoms with Crippen LogP contribution in [0.5, 0.6) is 5.75 Å². The molecule has 2 aromatic heterocycles. The molecule has 168 valence electrons. The lowest BCUT2D eigenvalue weighted by Gasteiger charge is -2.23. The Labute approximate surface area is 197 Å². The molecule has 5 rings (SSSR count). The highest BCUT2D eigenvalue weighted by Crippen LogP contribution is 2.41. The molecule has 1 amide bonds. The summed E-state index contributed by atoms with van der Waals surface area (Å²) in [5.74, 6) is 0.446. The van der Waals surface area contributed by atoms with Crippen molar-refractivity contribution in [2.75, 3.05) is 30.9 Å². The fraction of sp³-hybridized carbons (Fsp3) is 0.182. The molecule has 0 bridgehead atoms. The van der Waals surface area contributed by atoms with Gasteiger partial charge in [-0.2, -0.15) is 5.10 Å². The van der Waals surface area contributed by atoms with Crippen molar-refractivity contribution in [3.05, 3.63) is 73.7 Å². The largest absolute Gasteiger partial charge is 0.482 e. The monoisotopic (exact) mass is 484 g/mol. The summed E-state index contributed by atoms with van der Waals surface area (Å²) in [6, 6.07) is 10.5. The van der Waals surface area contributed by atoms with E-state index in [0.29, 0.717) is 55.3 Å². The third-order valence-corrected chi connectivity index (χ3v) is 6.04. The lowest BCUT2D eigenvalue weighted by molar-refractivity contribution is -0.118. The van der Waals surface area contributed by atoms with E-state index < -0.39 is 5.92 Å². The number of hydrogen-bond donors (Lipinski definition) is 3. The van der Waals surface area contributed by atoms with Gasteiger partial charge in [-0.1, -0.05) is 35.3 Å². The molecule has 0 aliphatic carbocycles. The van der Waals surface area contributed by atoms with Gasteiger partial charge in [0.25, 0.3) is 11.5 Å². The maximum Gasteiger partial charge on any atom is 0.264 e. The van der Waals surface area contributed by atoms with Crippen molar-refractivity contribution < 1.29 is 9.53 Å². The molecule has 11 heteroatoms. The van der Waals surface area contributed by atoms with Crippen molar-refractivity contribution >= 4 is 51.6 Å². The fourth-order valence-electron chi connectivity index (χ4n) is 3.93. The van der Waals surface area contributed by atoms with Crippen LogP contribution in [0, 0.1) is 0 Å². The highest BCUT2D eigenvalue weighted by Gasteiger charge is 2.28. The first-order valence-corrected chi connectivity index (χ1v) is 10.7. The van der Waals surface area contributed by atoms with Crippen molar-refractivity contribution in [1.82, 2.24) is 20.2 Å². The zero-order chi connectivity index (χ0) is 23.3. The number of aromatic amines is 2. The minimum absolute atomic E-state index is 0.0499. The molecule has 9 nitrogen and oxygen atoms in total. The van der Waals surface area contributed by atoms with E-state index in [4.69, 9.17) is 27.9 Å². The molecular weight excluding hydrogens is 467 g/mol. The van der Waals surface area contributed by atoms with Crippen molar-refractivity contribution in [3.8, 4) is 5.75 Å². The second kappa shape index (κ2) is 8.09. The van der Waals surface area contributed by atoms with Crippen LogP contribution in [0.1, 0.15) is 22.9 Å². The number of rotatable bonds is 4.